The SMILES string of the molecule is Clc1ccccc1CSc1nnc(C2CCCCC2)n1Cc1ccccc1. The van der Waals surface area contributed by atoms with E-state index >= 15 is 0 Å². The fourth-order valence-electron chi connectivity index (χ4n) is 3.74. The largest absolute Gasteiger partial charge is 0.301 e. The van der Waals surface area contributed by atoms with Gasteiger partial charge in [0.1, 0.15) is 5.82 Å². The van der Waals surface area contributed by atoms with Gasteiger partial charge in [0.05, 0.1) is 6.54 Å². The van der Waals surface area contributed by atoms with Gasteiger partial charge in [-0.15, -0.1) is 10.2 Å². The maximum atomic E-state index is 6.33. The van der Waals surface area contributed by atoms with Gasteiger partial charge >= 0.3 is 0 Å². The highest BCUT2D eigenvalue weighted by Gasteiger charge is 2.23. The van der Waals surface area contributed by atoms with Crippen LogP contribution in [0.5, 0.6) is 0 Å². The van der Waals surface area contributed by atoms with Crippen molar-refractivity contribution in [2.75, 3.05) is 0 Å². The van der Waals surface area contributed by atoms with E-state index in [1.807, 2.05) is 18.2 Å². The first-order valence-corrected chi connectivity index (χ1v) is 11.0. The monoisotopic (exact) mass is 397 g/mol. The molecule has 0 radical (unpaired) electrons. The Labute approximate surface area is 170 Å². The van der Waals surface area contributed by atoms with E-state index in [1.165, 1.54) is 37.7 Å². The van der Waals surface area contributed by atoms with E-state index < -0.39 is 0 Å². The first-order valence-electron chi connectivity index (χ1n) is 9.64. The van der Waals surface area contributed by atoms with Gasteiger partial charge in [-0.3, -0.25) is 0 Å². The number of thioether (sulfide) groups is 1. The molecule has 0 bridgehead atoms. The van der Waals surface area contributed by atoms with Crippen LogP contribution < -0.4 is 0 Å². The quantitative estimate of drug-likeness (QED) is 0.456. The molecule has 2 aromatic carbocycles. The number of nitrogens with zero attached hydrogens (tertiary/aromatic N) is 3. The first kappa shape index (κ1) is 18.6. The van der Waals surface area contributed by atoms with Crippen LogP contribution in [0.2, 0.25) is 5.02 Å². The van der Waals surface area contributed by atoms with Crippen LogP contribution in [-0.4, -0.2) is 14.8 Å². The summed E-state index contributed by atoms with van der Waals surface area (Å²) in [6.45, 7) is 0.824. The summed E-state index contributed by atoms with van der Waals surface area (Å²) in [5.41, 5.74) is 2.42. The minimum Gasteiger partial charge on any atom is -0.301 e. The Morgan fingerprint density at radius 2 is 1.67 bits per heavy atom. The Bertz CT molecular complexity index is 872. The molecule has 1 aliphatic carbocycles. The third kappa shape index (κ3) is 4.56. The molecule has 140 valence electrons. The van der Waals surface area contributed by atoms with Crippen LogP contribution >= 0.6 is 23.4 Å². The normalized spacial score (nSPS) is 15.1. The maximum absolute atomic E-state index is 6.33. The zero-order chi connectivity index (χ0) is 18.5. The van der Waals surface area contributed by atoms with Gasteiger partial charge in [0.25, 0.3) is 0 Å². The fourth-order valence-corrected chi connectivity index (χ4v) is 4.97. The molecular weight excluding hydrogens is 374 g/mol. The number of hydrogen-bond donors (Lipinski definition) is 0. The van der Waals surface area contributed by atoms with Crippen molar-refractivity contribution in [1.29, 1.82) is 0 Å². The van der Waals surface area contributed by atoms with Gasteiger partial charge in [-0.25, -0.2) is 0 Å². The van der Waals surface area contributed by atoms with Gasteiger partial charge in [-0.05, 0) is 30.0 Å². The molecule has 5 heteroatoms. The lowest BCUT2D eigenvalue weighted by Crippen LogP contribution is -2.13. The summed E-state index contributed by atoms with van der Waals surface area (Å²) < 4.78 is 2.33. The third-order valence-corrected chi connectivity index (χ3v) is 6.60. The second-order valence-corrected chi connectivity index (χ2v) is 8.48. The maximum Gasteiger partial charge on any atom is 0.191 e. The number of rotatable bonds is 6. The fraction of sp³-hybridized carbons (Fsp3) is 0.364. The minimum absolute atomic E-state index is 0.532. The molecule has 27 heavy (non-hydrogen) atoms. The van der Waals surface area contributed by atoms with Crippen molar-refractivity contribution in [2.45, 2.75) is 55.5 Å². The highest BCUT2D eigenvalue weighted by Crippen LogP contribution is 2.34. The smallest absolute Gasteiger partial charge is 0.191 e. The molecule has 1 saturated carbocycles. The molecule has 0 N–H and O–H groups in total. The summed E-state index contributed by atoms with van der Waals surface area (Å²) in [5, 5.41) is 11.0. The Balaban J connectivity index is 1.60. The molecule has 1 heterocycles. The van der Waals surface area contributed by atoms with E-state index in [0.29, 0.717) is 5.92 Å². The van der Waals surface area contributed by atoms with Crippen molar-refractivity contribution in [3.8, 4) is 0 Å². The summed E-state index contributed by atoms with van der Waals surface area (Å²) in [6, 6.07) is 18.6. The highest BCUT2D eigenvalue weighted by atomic mass is 35.5. The molecule has 1 aliphatic rings. The predicted molar refractivity (Wildman–Crippen MR) is 112 cm³/mol. The Hall–Kier alpha value is -1.78. The van der Waals surface area contributed by atoms with Gasteiger partial charge < -0.3 is 4.57 Å². The number of hydrogen-bond acceptors (Lipinski definition) is 3. The van der Waals surface area contributed by atoms with Crippen LogP contribution in [0, 0.1) is 0 Å². The topological polar surface area (TPSA) is 30.7 Å². The third-order valence-electron chi connectivity index (χ3n) is 5.21. The summed E-state index contributed by atoms with van der Waals surface area (Å²) in [7, 11) is 0. The molecule has 0 unspecified atom stereocenters. The average Bonchev–Trinajstić information content (AvgIpc) is 3.11. The van der Waals surface area contributed by atoms with E-state index in [0.717, 1.165) is 33.9 Å². The highest BCUT2D eigenvalue weighted by molar-refractivity contribution is 7.98. The molecule has 1 fully saturated rings. The van der Waals surface area contributed by atoms with Crippen molar-refractivity contribution in [2.24, 2.45) is 0 Å². The first-order chi connectivity index (χ1) is 13.3. The summed E-state index contributed by atoms with van der Waals surface area (Å²) in [6.07, 6.45) is 6.39. The van der Waals surface area contributed by atoms with Gasteiger partial charge in [-0.2, -0.15) is 0 Å². The molecule has 1 aromatic heterocycles. The van der Waals surface area contributed by atoms with Crippen LogP contribution in [0.1, 0.15) is 55.0 Å². The van der Waals surface area contributed by atoms with Crippen LogP contribution in [0.3, 0.4) is 0 Å². The Morgan fingerprint density at radius 3 is 2.44 bits per heavy atom. The van der Waals surface area contributed by atoms with Gasteiger partial charge in [0.2, 0.25) is 0 Å². The van der Waals surface area contributed by atoms with Gasteiger partial charge in [0, 0.05) is 16.7 Å². The van der Waals surface area contributed by atoms with Gasteiger partial charge in [-0.1, -0.05) is 91.2 Å². The predicted octanol–water partition coefficient (Wildman–Crippen LogP) is 6.32. The van der Waals surface area contributed by atoms with E-state index in [4.69, 9.17) is 11.6 Å². The molecule has 0 atom stereocenters. The Morgan fingerprint density at radius 1 is 0.926 bits per heavy atom. The molecule has 3 aromatic rings. The van der Waals surface area contributed by atoms with Crippen LogP contribution in [0.25, 0.3) is 0 Å². The Kier molecular flexibility index (Phi) is 6.15. The lowest BCUT2D eigenvalue weighted by Gasteiger charge is -2.22. The molecule has 0 saturated heterocycles. The molecule has 0 aliphatic heterocycles. The van der Waals surface area contributed by atoms with Crippen LogP contribution in [0.15, 0.2) is 59.8 Å². The van der Waals surface area contributed by atoms with Crippen molar-refractivity contribution in [3.05, 3.63) is 76.6 Å². The van der Waals surface area contributed by atoms with E-state index in [1.54, 1.807) is 11.8 Å². The lowest BCUT2D eigenvalue weighted by molar-refractivity contribution is 0.415. The van der Waals surface area contributed by atoms with E-state index in [9.17, 15) is 0 Å². The van der Waals surface area contributed by atoms with Crippen molar-refractivity contribution in [3.63, 3.8) is 0 Å². The van der Waals surface area contributed by atoms with Crippen LogP contribution in [0.4, 0.5) is 0 Å². The van der Waals surface area contributed by atoms with Crippen molar-refractivity contribution < 1.29 is 0 Å². The molecule has 0 spiro atoms. The lowest BCUT2D eigenvalue weighted by atomic mass is 9.88. The van der Waals surface area contributed by atoms with Gasteiger partial charge in [0.15, 0.2) is 5.16 Å². The molecule has 0 amide bonds. The number of halogens is 1. The zero-order valence-corrected chi connectivity index (χ0v) is 16.9. The number of aromatic nitrogens is 3. The summed E-state index contributed by atoms with van der Waals surface area (Å²) in [4.78, 5) is 0. The number of benzene rings is 2. The molecular formula is C22H24ClN3S. The molecule has 3 nitrogen and oxygen atoms in total. The van der Waals surface area contributed by atoms with E-state index in [2.05, 4.69) is 51.2 Å². The second-order valence-electron chi connectivity index (χ2n) is 7.13. The van der Waals surface area contributed by atoms with E-state index in [-0.39, 0.29) is 0 Å². The minimum atomic E-state index is 0.532. The standard InChI is InChI=1S/C22H24ClN3S/c23-20-14-8-7-13-19(20)16-27-22-25-24-21(18-11-5-2-6-12-18)26(22)15-17-9-3-1-4-10-17/h1,3-4,7-10,13-14,18H,2,5-6,11-12,15-16H2. The van der Waals surface area contributed by atoms with Crippen LogP contribution in [-0.2, 0) is 12.3 Å². The molecule has 4 rings (SSSR count). The average molecular weight is 398 g/mol. The van der Waals surface area contributed by atoms with Crippen molar-refractivity contribution >= 4 is 23.4 Å². The zero-order valence-electron chi connectivity index (χ0n) is 15.4. The second kappa shape index (κ2) is 8.94. The summed E-state index contributed by atoms with van der Waals surface area (Å²) in [5.74, 6) is 2.49. The van der Waals surface area contributed by atoms with Crippen molar-refractivity contribution in [1.82, 2.24) is 14.8 Å². The summed E-state index contributed by atoms with van der Waals surface area (Å²) >= 11 is 8.05.